The molecule has 1 aliphatic rings. The molecule has 0 unspecified atom stereocenters. The number of nitrogens with zero attached hydrogens (tertiary/aromatic N) is 2. The number of fused-ring (bicyclic) bond motifs is 1. The number of aromatic nitrogens is 1. The van der Waals surface area contributed by atoms with Crippen molar-refractivity contribution in [2.24, 2.45) is 0 Å². The number of thiazole rings is 1. The Hall–Kier alpha value is -2.20. The van der Waals surface area contributed by atoms with Crippen molar-refractivity contribution < 1.29 is 17.6 Å². The summed E-state index contributed by atoms with van der Waals surface area (Å²) in [6, 6.07) is 9.28. The van der Waals surface area contributed by atoms with Crippen molar-refractivity contribution in [3.8, 4) is 0 Å². The van der Waals surface area contributed by atoms with Crippen LogP contribution < -0.4 is 5.32 Å². The van der Waals surface area contributed by atoms with Crippen LogP contribution in [-0.2, 0) is 23.0 Å². The second-order valence-corrected chi connectivity index (χ2v) is 9.32. The number of nitrogens with one attached hydrogen (secondary N) is 1. The van der Waals surface area contributed by atoms with Gasteiger partial charge in [-0.05, 0) is 36.4 Å². The number of halogens is 1. The monoisotopic (exact) mass is 423 g/mol. The van der Waals surface area contributed by atoms with Crippen molar-refractivity contribution in [3.05, 3.63) is 64.0 Å². The molecule has 1 aliphatic heterocycles. The summed E-state index contributed by atoms with van der Waals surface area (Å²) >= 11 is 7.11. The molecule has 0 bridgehead atoms. The number of hydrogen-bond acceptors (Lipinski definition) is 6. The maximum atomic E-state index is 12.8. The van der Waals surface area contributed by atoms with Gasteiger partial charge in [-0.2, -0.15) is 4.31 Å². The number of furan rings is 1. The first kappa shape index (κ1) is 18.2. The highest BCUT2D eigenvalue weighted by Gasteiger charge is 2.30. The van der Waals surface area contributed by atoms with Crippen molar-refractivity contribution in [1.29, 1.82) is 0 Å². The highest BCUT2D eigenvalue weighted by Crippen LogP contribution is 2.31. The number of anilines is 1. The van der Waals surface area contributed by atoms with Crippen LogP contribution in [0.3, 0.4) is 0 Å². The lowest BCUT2D eigenvalue weighted by Gasteiger charge is -2.25. The van der Waals surface area contributed by atoms with Crippen LogP contribution in [0.1, 0.15) is 21.1 Å². The van der Waals surface area contributed by atoms with Gasteiger partial charge in [0, 0.05) is 22.9 Å². The number of benzene rings is 1. The standard InChI is InChI=1S/C17H14ClN3O4S2/c18-11-3-5-12(6-4-11)27(23,24)21-8-7-13-15(10-21)26-17(19-13)20-16(22)14-2-1-9-25-14/h1-6,9H,7-8,10H2,(H,19,20,22). The van der Waals surface area contributed by atoms with E-state index in [0.717, 1.165) is 10.6 Å². The van der Waals surface area contributed by atoms with Gasteiger partial charge in [-0.3, -0.25) is 10.1 Å². The van der Waals surface area contributed by atoms with Crippen LogP contribution >= 0.6 is 22.9 Å². The summed E-state index contributed by atoms with van der Waals surface area (Å²) in [5, 5.41) is 3.59. The number of carbonyl (C=O) groups is 1. The number of hydrogen-bond donors (Lipinski definition) is 1. The van der Waals surface area contributed by atoms with Crippen molar-refractivity contribution in [2.45, 2.75) is 17.9 Å². The number of carbonyl (C=O) groups excluding carboxylic acids is 1. The molecule has 0 radical (unpaired) electrons. The molecular weight excluding hydrogens is 410 g/mol. The molecule has 0 saturated heterocycles. The molecule has 140 valence electrons. The van der Waals surface area contributed by atoms with Gasteiger partial charge in [-0.25, -0.2) is 13.4 Å². The van der Waals surface area contributed by atoms with E-state index in [2.05, 4.69) is 10.3 Å². The number of rotatable bonds is 4. The molecular formula is C17H14ClN3O4S2. The Morgan fingerprint density at radius 1 is 1.26 bits per heavy atom. The molecule has 7 nitrogen and oxygen atoms in total. The summed E-state index contributed by atoms with van der Waals surface area (Å²) in [6.07, 6.45) is 1.90. The van der Waals surface area contributed by atoms with E-state index in [1.54, 1.807) is 24.3 Å². The fourth-order valence-electron chi connectivity index (χ4n) is 2.75. The summed E-state index contributed by atoms with van der Waals surface area (Å²) in [5.41, 5.74) is 0.803. The van der Waals surface area contributed by atoms with Crippen LogP contribution in [0.15, 0.2) is 52.0 Å². The van der Waals surface area contributed by atoms with Gasteiger partial charge in [0.15, 0.2) is 10.9 Å². The van der Waals surface area contributed by atoms with Gasteiger partial charge in [0.25, 0.3) is 5.91 Å². The Balaban J connectivity index is 1.52. The van der Waals surface area contributed by atoms with E-state index in [1.165, 1.54) is 34.0 Å². The van der Waals surface area contributed by atoms with E-state index in [0.29, 0.717) is 23.1 Å². The summed E-state index contributed by atoms with van der Waals surface area (Å²) in [7, 11) is -3.62. The van der Waals surface area contributed by atoms with Crippen LogP contribution in [-0.4, -0.2) is 30.2 Å². The molecule has 0 saturated carbocycles. The molecule has 0 atom stereocenters. The maximum Gasteiger partial charge on any atom is 0.293 e. The van der Waals surface area contributed by atoms with Crippen LogP contribution in [0.25, 0.3) is 0 Å². The van der Waals surface area contributed by atoms with Crippen LogP contribution in [0.5, 0.6) is 0 Å². The molecule has 0 fully saturated rings. The van der Waals surface area contributed by atoms with E-state index in [4.69, 9.17) is 16.0 Å². The number of amides is 1. The minimum absolute atomic E-state index is 0.190. The minimum Gasteiger partial charge on any atom is -0.459 e. The maximum absolute atomic E-state index is 12.8. The summed E-state index contributed by atoms with van der Waals surface area (Å²) in [5.74, 6) is -0.202. The predicted molar refractivity (Wildman–Crippen MR) is 102 cm³/mol. The van der Waals surface area contributed by atoms with E-state index < -0.39 is 15.9 Å². The largest absolute Gasteiger partial charge is 0.459 e. The molecule has 3 heterocycles. The second kappa shape index (κ2) is 7.08. The minimum atomic E-state index is -3.62. The molecule has 0 spiro atoms. The van der Waals surface area contributed by atoms with Gasteiger partial charge >= 0.3 is 0 Å². The van der Waals surface area contributed by atoms with Crippen LogP contribution in [0.2, 0.25) is 5.02 Å². The molecule has 1 N–H and O–H groups in total. The van der Waals surface area contributed by atoms with Gasteiger partial charge in [0.2, 0.25) is 10.0 Å². The van der Waals surface area contributed by atoms with Gasteiger partial charge in [0.05, 0.1) is 23.4 Å². The topological polar surface area (TPSA) is 92.5 Å². The summed E-state index contributed by atoms with van der Waals surface area (Å²) in [4.78, 5) is 17.5. The van der Waals surface area contributed by atoms with Gasteiger partial charge in [-0.1, -0.05) is 11.6 Å². The molecule has 4 rings (SSSR count). The molecule has 27 heavy (non-hydrogen) atoms. The van der Waals surface area contributed by atoms with Crippen molar-refractivity contribution >= 4 is 44.0 Å². The predicted octanol–water partition coefficient (Wildman–Crippen LogP) is 3.39. The first-order valence-electron chi connectivity index (χ1n) is 8.02. The highest BCUT2D eigenvalue weighted by atomic mass is 35.5. The lowest BCUT2D eigenvalue weighted by molar-refractivity contribution is 0.0996. The Bertz CT molecular complexity index is 1080. The van der Waals surface area contributed by atoms with Gasteiger partial charge < -0.3 is 4.42 Å². The normalized spacial score (nSPS) is 14.7. The third-order valence-electron chi connectivity index (χ3n) is 4.11. The Kier molecular flexibility index (Phi) is 4.77. The first-order chi connectivity index (χ1) is 12.9. The lowest BCUT2D eigenvalue weighted by Crippen LogP contribution is -2.35. The summed E-state index contributed by atoms with van der Waals surface area (Å²) < 4.78 is 32.1. The zero-order valence-corrected chi connectivity index (χ0v) is 16.3. The molecule has 3 aromatic rings. The SMILES string of the molecule is O=C(Nc1nc2c(s1)CN(S(=O)(=O)c1ccc(Cl)cc1)CC2)c1ccco1. The van der Waals surface area contributed by atoms with E-state index in [-0.39, 0.29) is 17.2 Å². The second-order valence-electron chi connectivity index (χ2n) is 5.86. The zero-order valence-electron chi connectivity index (χ0n) is 13.9. The lowest BCUT2D eigenvalue weighted by atomic mass is 10.2. The van der Waals surface area contributed by atoms with Crippen molar-refractivity contribution in [1.82, 2.24) is 9.29 Å². The Morgan fingerprint density at radius 2 is 2.04 bits per heavy atom. The zero-order chi connectivity index (χ0) is 19.0. The van der Waals surface area contributed by atoms with Gasteiger partial charge in [0.1, 0.15) is 0 Å². The quantitative estimate of drug-likeness (QED) is 0.694. The Labute approximate surface area is 164 Å². The fourth-order valence-corrected chi connectivity index (χ4v) is 5.39. The molecule has 2 aromatic heterocycles. The number of sulfonamides is 1. The average molecular weight is 424 g/mol. The smallest absolute Gasteiger partial charge is 0.293 e. The molecule has 10 heteroatoms. The van der Waals surface area contributed by atoms with Crippen molar-refractivity contribution in [3.63, 3.8) is 0 Å². The highest BCUT2D eigenvalue weighted by molar-refractivity contribution is 7.89. The van der Waals surface area contributed by atoms with Crippen molar-refractivity contribution in [2.75, 3.05) is 11.9 Å². The molecule has 0 aliphatic carbocycles. The first-order valence-corrected chi connectivity index (χ1v) is 10.7. The van der Waals surface area contributed by atoms with E-state index >= 15 is 0 Å². The van der Waals surface area contributed by atoms with E-state index in [9.17, 15) is 13.2 Å². The third kappa shape index (κ3) is 3.63. The van der Waals surface area contributed by atoms with Crippen LogP contribution in [0.4, 0.5) is 5.13 Å². The van der Waals surface area contributed by atoms with E-state index in [1.807, 2.05) is 0 Å². The third-order valence-corrected chi connectivity index (χ3v) is 7.22. The fraction of sp³-hybridized carbons (Fsp3) is 0.176. The summed E-state index contributed by atoms with van der Waals surface area (Å²) in [6.45, 7) is 0.543. The van der Waals surface area contributed by atoms with Crippen LogP contribution in [0, 0.1) is 0 Å². The Morgan fingerprint density at radius 3 is 2.74 bits per heavy atom. The molecule has 1 aromatic carbocycles. The average Bonchev–Trinajstić information content (AvgIpc) is 3.30. The van der Waals surface area contributed by atoms with Gasteiger partial charge in [-0.15, -0.1) is 11.3 Å². The molecule has 1 amide bonds.